The molecule has 6 aromatic rings. The Labute approximate surface area is 339 Å². The molecule has 8 rings (SSSR count). The molecule has 0 radical (unpaired) electrons. The van der Waals surface area contributed by atoms with Crippen LogP contribution in [-0.2, 0) is 45.7 Å². The van der Waals surface area contributed by atoms with Gasteiger partial charge in [0.15, 0.2) is 0 Å². The van der Waals surface area contributed by atoms with E-state index in [1.807, 2.05) is 60.7 Å². The van der Waals surface area contributed by atoms with Crippen molar-refractivity contribution in [3.05, 3.63) is 199 Å². The topological polar surface area (TPSA) is 92.3 Å². The maximum Gasteiger partial charge on any atom is 0.229 e. The first-order chi connectivity index (χ1) is 26.8. The van der Waals surface area contributed by atoms with E-state index in [0.717, 1.165) is 81.6 Å². The van der Waals surface area contributed by atoms with Crippen molar-refractivity contribution in [3.8, 4) is 0 Å². The Balaban J connectivity index is 0.000000172. The van der Waals surface area contributed by atoms with Gasteiger partial charge in [-0.05, 0) is 153 Å². The van der Waals surface area contributed by atoms with Gasteiger partial charge in [-0.2, -0.15) is 0 Å². The summed E-state index contributed by atoms with van der Waals surface area (Å²) in [5.41, 5.74) is 15.0. The van der Waals surface area contributed by atoms with Crippen molar-refractivity contribution in [2.45, 2.75) is 25.7 Å². The Morgan fingerprint density at radius 3 is 1.23 bits per heavy atom. The molecular weight excluding hydrogens is 780 g/mol. The second-order valence-electron chi connectivity index (χ2n) is 14.0. The Morgan fingerprint density at radius 2 is 0.821 bits per heavy atom. The number of fused-ring (bicyclic) bond motifs is 4. The minimum absolute atomic E-state index is 0.551. The highest BCUT2D eigenvalue weighted by atomic mass is 35.5. The molecule has 2 N–H and O–H groups in total. The summed E-state index contributed by atoms with van der Waals surface area (Å²) < 4.78 is 51.4. The van der Waals surface area contributed by atoms with E-state index in [1.54, 1.807) is 12.1 Å². The smallest absolute Gasteiger partial charge is 0.229 e. The third-order valence-corrected chi connectivity index (χ3v) is 11.3. The maximum absolute atomic E-state index is 11.6. The first-order valence-corrected chi connectivity index (χ1v) is 22.7. The largest absolute Gasteiger partial charge is 0.284 e. The van der Waals surface area contributed by atoms with Crippen LogP contribution < -0.4 is 9.44 Å². The Bertz CT molecular complexity index is 2550. The van der Waals surface area contributed by atoms with E-state index in [1.165, 1.54) is 33.4 Å². The average molecular weight is 820 g/mol. The van der Waals surface area contributed by atoms with Gasteiger partial charge < -0.3 is 0 Å². The van der Waals surface area contributed by atoms with Crippen LogP contribution in [-0.4, -0.2) is 29.3 Å². The molecule has 6 nitrogen and oxygen atoms in total. The van der Waals surface area contributed by atoms with Crippen LogP contribution in [0.15, 0.2) is 133 Å². The van der Waals surface area contributed by atoms with Crippen molar-refractivity contribution in [2.75, 3.05) is 22.0 Å². The SMILES string of the molecule is CS(=O)(=O)Nc1cccc(/C=C2/c3ccccc3CCc3cc(Cl)ccc32)c1.CS(=O)(=O)Nc1cccc(/C=C2\c3ccccc3CCc3cc(Cl)ccc32)c1. The maximum atomic E-state index is 11.6. The van der Waals surface area contributed by atoms with Gasteiger partial charge in [0.2, 0.25) is 20.0 Å². The zero-order valence-corrected chi connectivity index (χ0v) is 34.0. The molecule has 284 valence electrons. The number of benzene rings is 6. The minimum Gasteiger partial charge on any atom is -0.284 e. The van der Waals surface area contributed by atoms with Gasteiger partial charge in [0.05, 0.1) is 12.5 Å². The lowest BCUT2D eigenvalue weighted by atomic mass is 9.92. The highest BCUT2D eigenvalue weighted by Crippen LogP contribution is 2.38. The predicted octanol–water partition coefficient (Wildman–Crippen LogP) is 10.8. The van der Waals surface area contributed by atoms with Crippen LogP contribution in [0.4, 0.5) is 11.4 Å². The summed E-state index contributed by atoms with van der Waals surface area (Å²) in [5, 5.41) is 1.48. The minimum atomic E-state index is -3.32. The Hall–Kier alpha value is -5.12. The standard InChI is InChI=1S/2C23H20ClNO2S/c2*1-28(26,27)25-20-7-4-5-16(13-20)14-23-21-8-3-2-6-17(21)9-10-18-15-19(24)11-12-22(18)23/h2*2-8,11-15,25H,9-10H2,1H3/b23-14+;23-14-. The van der Waals surface area contributed by atoms with Crippen molar-refractivity contribution in [1.29, 1.82) is 0 Å². The second kappa shape index (κ2) is 16.5. The van der Waals surface area contributed by atoms with Crippen molar-refractivity contribution < 1.29 is 16.8 Å². The first kappa shape index (κ1) is 39.1. The van der Waals surface area contributed by atoms with E-state index in [0.29, 0.717) is 11.4 Å². The molecular formula is C46H40Cl2N2O4S2. The fourth-order valence-corrected chi connectivity index (χ4v) is 8.85. The Kier molecular flexibility index (Phi) is 11.6. The third-order valence-electron chi connectivity index (χ3n) is 9.66. The Morgan fingerprint density at radius 1 is 0.446 bits per heavy atom. The van der Waals surface area contributed by atoms with Crippen LogP contribution in [0.2, 0.25) is 10.0 Å². The number of hydrogen-bond donors (Lipinski definition) is 2. The van der Waals surface area contributed by atoms with E-state index < -0.39 is 20.0 Å². The number of aryl methyl sites for hydroxylation is 4. The number of hydrogen-bond acceptors (Lipinski definition) is 4. The molecule has 0 spiro atoms. The fraction of sp³-hybridized carbons (Fsp3) is 0.130. The second-order valence-corrected chi connectivity index (χ2v) is 18.4. The van der Waals surface area contributed by atoms with Crippen molar-refractivity contribution in [1.82, 2.24) is 0 Å². The molecule has 10 heteroatoms. The van der Waals surface area contributed by atoms with Gasteiger partial charge in [-0.1, -0.05) is 108 Å². The molecule has 6 aromatic carbocycles. The summed E-state index contributed by atoms with van der Waals surface area (Å²) in [4.78, 5) is 0. The summed E-state index contributed by atoms with van der Waals surface area (Å²) in [6, 6.07) is 43.8. The van der Waals surface area contributed by atoms with Gasteiger partial charge in [-0.3, -0.25) is 9.44 Å². The third kappa shape index (κ3) is 9.81. The average Bonchev–Trinajstić information content (AvgIpc) is 3.39. The normalized spacial score (nSPS) is 14.9. The van der Waals surface area contributed by atoms with E-state index >= 15 is 0 Å². The lowest BCUT2D eigenvalue weighted by molar-refractivity contribution is 0.605. The lowest BCUT2D eigenvalue weighted by Crippen LogP contribution is -2.09. The molecule has 56 heavy (non-hydrogen) atoms. The molecule has 0 amide bonds. The molecule has 0 fully saturated rings. The zero-order valence-electron chi connectivity index (χ0n) is 30.9. The van der Waals surface area contributed by atoms with E-state index in [2.05, 4.69) is 82.3 Å². The molecule has 0 saturated carbocycles. The quantitative estimate of drug-likeness (QED) is 0.175. The number of anilines is 2. The van der Waals surface area contributed by atoms with Gasteiger partial charge in [0.25, 0.3) is 0 Å². The molecule has 0 aliphatic heterocycles. The molecule has 0 atom stereocenters. The van der Waals surface area contributed by atoms with Gasteiger partial charge in [-0.25, -0.2) is 16.8 Å². The lowest BCUT2D eigenvalue weighted by Gasteiger charge is -2.13. The van der Waals surface area contributed by atoms with Gasteiger partial charge >= 0.3 is 0 Å². The van der Waals surface area contributed by atoms with Gasteiger partial charge in [0.1, 0.15) is 0 Å². The van der Waals surface area contributed by atoms with Gasteiger partial charge in [0, 0.05) is 21.4 Å². The molecule has 2 aliphatic rings. The van der Waals surface area contributed by atoms with Crippen molar-refractivity contribution in [3.63, 3.8) is 0 Å². The molecule has 0 bridgehead atoms. The monoisotopic (exact) mass is 818 g/mol. The van der Waals surface area contributed by atoms with E-state index in [-0.39, 0.29) is 0 Å². The number of halogens is 2. The summed E-state index contributed by atoms with van der Waals surface area (Å²) in [6.07, 6.45) is 10.3. The first-order valence-electron chi connectivity index (χ1n) is 18.1. The van der Waals surface area contributed by atoms with E-state index in [9.17, 15) is 16.8 Å². The van der Waals surface area contributed by atoms with Crippen LogP contribution in [0.25, 0.3) is 23.3 Å². The van der Waals surface area contributed by atoms with Crippen molar-refractivity contribution >= 4 is 77.9 Å². The summed E-state index contributed by atoms with van der Waals surface area (Å²) in [5.74, 6) is 0. The molecule has 2 aliphatic carbocycles. The molecule has 0 saturated heterocycles. The molecule has 0 aromatic heterocycles. The van der Waals surface area contributed by atoms with Crippen LogP contribution in [0.1, 0.15) is 55.6 Å². The highest BCUT2D eigenvalue weighted by molar-refractivity contribution is 7.92. The van der Waals surface area contributed by atoms with Crippen LogP contribution in [0.5, 0.6) is 0 Å². The molecule has 0 heterocycles. The fourth-order valence-electron chi connectivity index (χ4n) is 7.35. The number of sulfonamides is 2. The number of nitrogens with one attached hydrogen (secondary N) is 2. The predicted molar refractivity (Wildman–Crippen MR) is 234 cm³/mol. The number of rotatable bonds is 6. The van der Waals surface area contributed by atoms with Crippen LogP contribution in [0, 0.1) is 0 Å². The van der Waals surface area contributed by atoms with Gasteiger partial charge in [-0.15, -0.1) is 0 Å². The summed E-state index contributed by atoms with van der Waals surface area (Å²) in [7, 11) is -6.64. The van der Waals surface area contributed by atoms with Crippen LogP contribution >= 0.6 is 23.2 Å². The molecule has 0 unspecified atom stereocenters. The summed E-state index contributed by atoms with van der Waals surface area (Å²) >= 11 is 12.5. The summed E-state index contributed by atoms with van der Waals surface area (Å²) in [6.45, 7) is 0. The van der Waals surface area contributed by atoms with E-state index in [4.69, 9.17) is 23.2 Å². The van der Waals surface area contributed by atoms with Crippen molar-refractivity contribution in [2.24, 2.45) is 0 Å². The highest BCUT2D eigenvalue weighted by Gasteiger charge is 2.20. The van der Waals surface area contributed by atoms with Crippen LogP contribution in [0.3, 0.4) is 0 Å². The zero-order chi connectivity index (χ0) is 39.5.